The van der Waals surface area contributed by atoms with E-state index in [1.807, 2.05) is 0 Å². The summed E-state index contributed by atoms with van der Waals surface area (Å²) in [5, 5.41) is 2.99. The zero-order valence-corrected chi connectivity index (χ0v) is 13.8. The molecule has 1 saturated carbocycles. The molecular weight excluding hydrogens is 310 g/mol. The molecule has 1 heterocycles. The number of hydrogen-bond donors (Lipinski definition) is 1. The van der Waals surface area contributed by atoms with Gasteiger partial charge >= 0.3 is 5.97 Å². The van der Waals surface area contributed by atoms with Crippen molar-refractivity contribution in [3.8, 4) is 0 Å². The fourth-order valence-electron chi connectivity index (χ4n) is 2.53. The quantitative estimate of drug-likeness (QED) is 0.858. The Labute approximate surface area is 133 Å². The van der Waals surface area contributed by atoms with Crippen molar-refractivity contribution in [2.24, 2.45) is 5.92 Å². The Kier molecular flexibility index (Phi) is 5.65. The van der Waals surface area contributed by atoms with Gasteiger partial charge in [-0.05, 0) is 37.8 Å². The first kappa shape index (κ1) is 16.3. The first-order chi connectivity index (χ1) is 9.97. The predicted molar refractivity (Wildman–Crippen MR) is 83.8 cm³/mol. The number of carbonyl (C=O) groups is 2. The van der Waals surface area contributed by atoms with Gasteiger partial charge in [0.2, 0.25) is 0 Å². The van der Waals surface area contributed by atoms with Crippen LogP contribution in [0.3, 0.4) is 0 Å². The highest BCUT2D eigenvalue weighted by atomic mass is 35.5. The summed E-state index contributed by atoms with van der Waals surface area (Å²) in [6, 6.07) is 3.42. The van der Waals surface area contributed by atoms with Crippen molar-refractivity contribution in [2.75, 3.05) is 0 Å². The number of nitrogens with one attached hydrogen (secondary N) is 1. The summed E-state index contributed by atoms with van der Waals surface area (Å²) in [6.07, 6.45) is 3.68. The minimum Gasteiger partial charge on any atom is -0.448 e. The van der Waals surface area contributed by atoms with Crippen LogP contribution in [0.4, 0.5) is 0 Å². The molecule has 4 nitrogen and oxygen atoms in total. The number of halogens is 1. The third-order valence-corrected chi connectivity index (χ3v) is 5.08. The monoisotopic (exact) mass is 329 g/mol. The summed E-state index contributed by atoms with van der Waals surface area (Å²) in [5.41, 5.74) is 0. The fourth-order valence-corrected chi connectivity index (χ4v) is 3.45. The molecule has 0 radical (unpaired) electrons. The Morgan fingerprint density at radius 1 is 1.38 bits per heavy atom. The van der Waals surface area contributed by atoms with E-state index in [1.54, 1.807) is 19.1 Å². The summed E-state index contributed by atoms with van der Waals surface area (Å²) in [7, 11) is 0. The summed E-state index contributed by atoms with van der Waals surface area (Å²) < 4.78 is 5.71. The molecule has 0 unspecified atom stereocenters. The number of esters is 1. The van der Waals surface area contributed by atoms with Crippen LogP contribution >= 0.6 is 22.9 Å². The summed E-state index contributed by atoms with van der Waals surface area (Å²) in [6.45, 7) is 3.74. The van der Waals surface area contributed by atoms with Gasteiger partial charge in [0.1, 0.15) is 4.88 Å². The molecule has 1 aromatic heterocycles. The lowest BCUT2D eigenvalue weighted by atomic mass is 9.86. The van der Waals surface area contributed by atoms with Gasteiger partial charge in [-0.3, -0.25) is 4.79 Å². The topological polar surface area (TPSA) is 55.4 Å². The van der Waals surface area contributed by atoms with Crippen LogP contribution in [0.5, 0.6) is 0 Å². The minimum absolute atomic E-state index is 0.184. The van der Waals surface area contributed by atoms with E-state index in [-0.39, 0.29) is 11.9 Å². The Balaban J connectivity index is 1.86. The van der Waals surface area contributed by atoms with Crippen molar-refractivity contribution in [2.45, 2.75) is 51.7 Å². The number of ether oxygens (including phenoxy) is 1. The molecule has 1 N–H and O–H groups in total. The van der Waals surface area contributed by atoms with Crippen molar-refractivity contribution in [3.63, 3.8) is 0 Å². The maximum atomic E-state index is 12.1. The van der Waals surface area contributed by atoms with E-state index in [1.165, 1.54) is 6.42 Å². The zero-order chi connectivity index (χ0) is 15.4. The highest BCUT2D eigenvalue weighted by molar-refractivity contribution is 7.17. The third-order valence-electron chi connectivity index (χ3n) is 3.87. The first-order valence-corrected chi connectivity index (χ1v) is 8.43. The average Bonchev–Trinajstić information content (AvgIpc) is 2.88. The second-order valence-electron chi connectivity index (χ2n) is 5.53. The largest absolute Gasteiger partial charge is 0.448 e. The highest BCUT2D eigenvalue weighted by Crippen LogP contribution is 2.24. The Morgan fingerprint density at radius 2 is 2.10 bits per heavy atom. The molecule has 116 valence electrons. The van der Waals surface area contributed by atoms with Crippen LogP contribution in [0.2, 0.25) is 4.34 Å². The van der Waals surface area contributed by atoms with Crippen LogP contribution < -0.4 is 5.32 Å². The Morgan fingerprint density at radius 3 is 2.71 bits per heavy atom. The molecular formula is C15H20ClNO3S. The minimum atomic E-state index is -0.799. The smallest absolute Gasteiger partial charge is 0.349 e. The van der Waals surface area contributed by atoms with Gasteiger partial charge < -0.3 is 10.1 Å². The molecule has 21 heavy (non-hydrogen) atoms. The highest BCUT2D eigenvalue weighted by Gasteiger charge is 2.26. The van der Waals surface area contributed by atoms with Gasteiger partial charge in [0.05, 0.1) is 4.34 Å². The van der Waals surface area contributed by atoms with Crippen LogP contribution in [0.1, 0.15) is 49.2 Å². The number of rotatable bonds is 4. The molecule has 1 aromatic rings. The van der Waals surface area contributed by atoms with E-state index in [0.29, 0.717) is 15.1 Å². The maximum Gasteiger partial charge on any atom is 0.349 e. The normalized spacial score (nSPS) is 23.4. The molecule has 0 aromatic carbocycles. The number of hydrogen-bond acceptors (Lipinski definition) is 4. The summed E-state index contributed by atoms with van der Waals surface area (Å²) >= 11 is 6.92. The molecule has 0 saturated heterocycles. The van der Waals surface area contributed by atoms with E-state index >= 15 is 0 Å². The Hall–Kier alpha value is -1.07. The predicted octanol–water partition coefficient (Wildman–Crippen LogP) is 3.64. The van der Waals surface area contributed by atoms with Crippen molar-refractivity contribution in [1.29, 1.82) is 0 Å². The molecule has 1 aliphatic rings. The second-order valence-corrected chi connectivity index (χ2v) is 7.24. The lowest BCUT2D eigenvalue weighted by Crippen LogP contribution is -2.45. The lowest BCUT2D eigenvalue weighted by molar-refractivity contribution is -0.130. The summed E-state index contributed by atoms with van der Waals surface area (Å²) in [5.74, 6) is -0.266. The number of carbonyl (C=O) groups excluding carboxylic acids is 2. The molecule has 0 bridgehead atoms. The van der Waals surface area contributed by atoms with E-state index in [2.05, 4.69) is 12.2 Å². The summed E-state index contributed by atoms with van der Waals surface area (Å²) in [4.78, 5) is 24.4. The number of amides is 1. The maximum absolute atomic E-state index is 12.1. The van der Waals surface area contributed by atoms with Crippen LogP contribution in [0, 0.1) is 5.92 Å². The van der Waals surface area contributed by atoms with E-state index < -0.39 is 12.1 Å². The second kappa shape index (κ2) is 7.27. The molecule has 1 amide bonds. The zero-order valence-electron chi connectivity index (χ0n) is 12.2. The standard InChI is InChI=1S/C15H20ClNO3S/c1-9-5-3-4-6-11(9)17-14(18)10(2)20-15(19)12-7-8-13(16)21-12/h7-11H,3-6H2,1-2H3,(H,17,18)/t9-,10-,11+/m1/s1. The molecule has 0 spiro atoms. The average molecular weight is 330 g/mol. The molecule has 0 aliphatic heterocycles. The van der Waals surface area contributed by atoms with Crippen molar-refractivity contribution >= 4 is 34.8 Å². The Bertz CT molecular complexity index is 517. The van der Waals surface area contributed by atoms with Gasteiger partial charge in [0, 0.05) is 6.04 Å². The van der Waals surface area contributed by atoms with E-state index in [4.69, 9.17) is 16.3 Å². The number of thiophene rings is 1. The first-order valence-electron chi connectivity index (χ1n) is 7.24. The molecule has 1 aliphatic carbocycles. The van der Waals surface area contributed by atoms with E-state index in [0.717, 1.165) is 30.6 Å². The van der Waals surface area contributed by atoms with Crippen molar-refractivity contribution in [3.05, 3.63) is 21.3 Å². The molecule has 3 atom stereocenters. The molecule has 2 rings (SSSR count). The van der Waals surface area contributed by atoms with Gasteiger partial charge in [-0.1, -0.05) is 31.4 Å². The fraction of sp³-hybridized carbons (Fsp3) is 0.600. The van der Waals surface area contributed by atoms with Crippen molar-refractivity contribution < 1.29 is 14.3 Å². The van der Waals surface area contributed by atoms with E-state index in [9.17, 15) is 9.59 Å². The van der Waals surface area contributed by atoms with Crippen molar-refractivity contribution in [1.82, 2.24) is 5.32 Å². The lowest BCUT2D eigenvalue weighted by Gasteiger charge is -2.30. The van der Waals surface area contributed by atoms with Crippen LogP contribution in [-0.4, -0.2) is 24.0 Å². The van der Waals surface area contributed by atoms with Gasteiger partial charge in [-0.2, -0.15) is 0 Å². The molecule has 1 fully saturated rings. The van der Waals surface area contributed by atoms with Gasteiger partial charge in [-0.25, -0.2) is 4.79 Å². The van der Waals surface area contributed by atoms with Crippen LogP contribution in [0.25, 0.3) is 0 Å². The third kappa shape index (κ3) is 4.45. The van der Waals surface area contributed by atoms with Gasteiger partial charge in [0.15, 0.2) is 6.10 Å². The van der Waals surface area contributed by atoms with Gasteiger partial charge in [0.25, 0.3) is 5.91 Å². The van der Waals surface area contributed by atoms with Crippen LogP contribution in [-0.2, 0) is 9.53 Å². The van der Waals surface area contributed by atoms with Crippen LogP contribution in [0.15, 0.2) is 12.1 Å². The SMILES string of the molecule is C[C@@H]1CCCC[C@@H]1NC(=O)[C@@H](C)OC(=O)c1ccc(Cl)s1. The molecule has 6 heteroatoms. The van der Waals surface area contributed by atoms with Gasteiger partial charge in [-0.15, -0.1) is 11.3 Å².